The number of nitrogens with two attached hydrogens (primary N) is 6. The van der Waals surface area contributed by atoms with Gasteiger partial charge in [-0.25, -0.2) is 49.8 Å². The second-order valence-electron chi connectivity index (χ2n) is 30.3. The highest BCUT2D eigenvalue weighted by Gasteiger charge is 2.24. The molecule has 0 unspecified atom stereocenters. The fourth-order valence-corrected chi connectivity index (χ4v) is 18.0. The molecule has 0 amide bonds. The number of thiophene rings is 2. The van der Waals surface area contributed by atoms with E-state index in [-0.39, 0.29) is 44.0 Å². The van der Waals surface area contributed by atoms with E-state index in [0.717, 1.165) is 143 Å². The predicted molar refractivity (Wildman–Crippen MR) is 551 cm³/mol. The summed E-state index contributed by atoms with van der Waals surface area (Å²) in [7, 11) is 3.15. The van der Waals surface area contributed by atoms with Gasteiger partial charge in [0.15, 0.2) is 11.6 Å². The molecule has 0 saturated carbocycles. The number of fused-ring (bicyclic) bond motifs is 3. The molecule has 0 fully saturated rings. The van der Waals surface area contributed by atoms with Crippen LogP contribution >= 0.6 is 80.4 Å². The Labute approximate surface area is 816 Å². The summed E-state index contributed by atoms with van der Waals surface area (Å²) >= 11 is 29.1. The SMILES string of the molecule is COc1ccc2cc(-c3ncc(N)nc3-c3ccccc3)ccc2n1.COc1nc(-c2ccc3ncccc3c2)c(-c2ccccc2)nc1N.Cc1cc(C)c(-c2nc(N)cnc2-c2ccc(O)c(Cl)c2)s1.Cc1csc(-c2nc(N)cnc2-c2ccc(O)c(Cl)c2)c1C.Nc1cnc(-c2cc(Cl)c3ncsc3c2)c(-c2ccccc2)n1.Nc1cnc(-c2ccc(O)c(Cl)c2)c(-c2ccno2)n1. The summed E-state index contributed by atoms with van der Waals surface area (Å²) in [5.41, 5.74) is 59.2. The van der Waals surface area contributed by atoms with Crippen LogP contribution in [0, 0.1) is 27.7 Å². The Hall–Kier alpha value is -16.3. The number of pyridine rings is 2. The maximum atomic E-state index is 9.58. The van der Waals surface area contributed by atoms with Crippen LogP contribution in [0.4, 0.5) is 34.9 Å². The summed E-state index contributed by atoms with van der Waals surface area (Å²) in [4.78, 5) is 69.8. The normalized spacial score (nSPS) is 10.8. The molecule has 21 aromatic rings. The monoisotopic (exact) mass is 1940 g/mol. The Morgan fingerprint density at radius 1 is 0.336 bits per heavy atom. The second kappa shape index (κ2) is 42.3. The standard InChI is InChI=1S/2C20H16N4O.C17H11ClN4S.2C16H14ClN3OS.C13H9ClN4O2/c1-25-20-19(21)23-17(13-6-3-2-4-7-13)18(24-20)15-9-10-16-14(12-15)8-5-11-22-16;1-25-18-10-8-14-11-15(7-9-16(14)23-18)19-20(24-17(21)12-22-19)13-5-3-2-4-6-13;18-12-6-11(7-13-17(12)21-9-23-13)15-16(22-14(19)8-20-15)10-4-2-1-3-5-10;1-8-7-22-16(9(8)2)15-14(19-6-13(18)20-15)10-3-4-12(21)11(17)5-10;1-8-5-9(2)22-16(8)15-14(19-7-13(18)20-15)10-3-4-12(21)11(17)6-10;14-8-5-7(1-2-9(8)19)12-13(10-3-4-17-20-10)18-11(15)6-16-12/h2-12H,1H3,(H2,21,23);2-12H,1H3,(H2,21,24);1-9H,(H2,19,22);2*3-7,21H,1-2H3,(H2,18,20);1-6,19H,(H2,15,18). The van der Waals surface area contributed by atoms with Gasteiger partial charge in [0.1, 0.15) is 74.8 Å². The van der Waals surface area contributed by atoms with Crippen LogP contribution < -0.4 is 43.9 Å². The molecule has 12 aromatic heterocycles. The number of thiazole rings is 1. The molecular formula is C102H80Cl4N22O6S3. The third-order valence-electron chi connectivity index (χ3n) is 21.0. The van der Waals surface area contributed by atoms with Crippen LogP contribution in [-0.2, 0) is 0 Å². The molecule has 680 valence electrons. The minimum Gasteiger partial charge on any atom is -0.506 e. The van der Waals surface area contributed by atoms with Gasteiger partial charge in [0.2, 0.25) is 5.88 Å². The molecule has 0 aliphatic heterocycles. The molecule has 9 aromatic carbocycles. The Morgan fingerprint density at radius 2 is 0.774 bits per heavy atom. The molecule has 0 radical (unpaired) electrons. The Kier molecular flexibility index (Phi) is 29.0. The number of aromatic hydroxyl groups is 3. The largest absolute Gasteiger partial charge is 0.506 e. The maximum absolute atomic E-state index is 9.58. The summed E-state index contributed by atoms with van der Waals surface area (Å²) in [5, 5.41) is 37.8. The first kappa shape index (κ1) is 94.0. The maximum Gasteiger partial charge on any atom is 0.257 e. The number of phenols is 3. The summed E-state index contributed by atoms with van der Waals surface area (Å²) in [6, 6.07) is 71.8. The molecule has 12 heterocycles. The molecule has 0 atom stereocenters. The number of hydrogen-bond acceptors (Lipinski definition) is 31. The van der Waals surface area contributed by atoms with E-state index >= 15 is 0 Å². The number of methoxy groups -OCH3 is 2. The van der Waals surface area contributed by atoms with E-state index < -0.39 is 0 Å². The number of nitrogen functional groups attached to an aromatic ring is 6. The number of halogens is 4. The first-order valence-corrected chi connectivity index (χ1v) is 45.7. The molecule has 28 nitrogen and oxygen atoms in total. The number of hydrogen-bond donors (Lipinski definition) is 9. The van der Waals surface area contributed by atoms with E-state index in [9.17, 15) is 15.3 Å². The van der Waals surface area contributed by atoms with Gasteiger partial charge in [-0.15, -0.1) is 34.0 Å². The van der Waals surface area contributed by atoms with Gasteiger partial charge in [0.05, 0.1) is 148 Å². The van der Waals surface area contributed by atoms with Crippen molar-refractivity contribution in [2.45, 2.75) is 27.7 Å². The third kappa shape index (κ3) is 21.8. The van der Waals surface area contributed by atoms with Crippen molar-refractivity contribution >= 4 is 147 Å². The number of nitrogens with zero attached hydrogens (tertiary/aromatic N) is 16. The number of rotatable bonds is 14. The molecule has 0 bridgehead atoms. The van der Waals surface area contributed by atoms with Gasteiger partial charge in [0.25, 0.3) is 5.88 Å². The fraction of sp³-hybridized carbons (Fsp3) is 0.0588. The molecule has 21 rings (SSSR count). The molecule has 0 aliphatic rings. The van der Waals surface area contributed by atoms with Gasteiger partial charge in [-0.05, 0) is 159 Å². The zero-order valence-electron chi connectivity index (χ0n) is 73.6. The Morgan fingerprint density at radius 3 is 1.25 bits per heavy atom. The van der Waals surface area contributed by atoms with Gasteiger partial charge in [0, 0.05) is 84.1 Å². The highest BCUT2D eigenvalue weighted by atomic mass is 35.5. The zero-order valence-corrected chi connectivity index (χ0v) is 79.0. The zero-order chi connectivity index (χ0) is 96.1. The summed E-state index contributed by atoms with van der Waals surface area (Å²) in [6.07, 6.45) is 10.9. The van der Waals surface area contributed by atoms with Crippen LogP contribution in [0.3, 0.4) is 0 Å². The number of benzene rings is 9. The molecule has 35 heteroatoms. The van der Waals surface area contributed by atoms with Gasteiger partial charge in [-0.3, -0.25) is 24.9 Å². The lowest BCUT2D eigenvalue weighted by atomic mass is 10.0. The number of anilines is 6. The van der Waals surface area contributed by atoms with Crippen LogP contribution in [-0.4, -0.2) is 109 Å². The second-order valence-corrected chi connectivity index (χ2v) is 35.0. The van der Waals surface area contributed by atoms with Gasteiger partial charge >= 0.3 is 0 Å². The van der Waals surface area contributed by atoms with Gasteiger partial charge in [-0.1, -0.05) is 161 Å². The van der Waals surface area contributed by atoms with Crippen molar-refractivity contribution in [2.75, 3.05) is 48.6 Å². The topological polar surface area (TPSA) is 455 Å². The minimum atomic E-state index is 0.0000335. The molecule has 0 aliphatic carbocycles. The van der Waals surface area contributed by atoms with Crippen molar-refractivity contribution in [3.8, 4) is 163 Å². The van der Waals surface area contributed by atoms with Crippen LogP contribution in [0.15, 0.2) is 289 Å². The van der Waals surface area contributed by atoms with Crippen LogP contribution in [0.25, 0.3) is 166 Å². The third-order valence-corrected chi connectivity index (χ3v) is 25.3. The van der Waals surface area contributed by atoms with E-state index in [2.05, 4.69) is 124 Å². The first-order chi connectivity index (χ1) is 66.3. The van der Waals surface area contributed by atoms with Crippen LogP contribution in [0.2, 0.25) is 20.1 Å². The van der Waals surface area contributed by atoms with E-state index in [1.807, 2.05) is 159 Å². The number of aryl methyl sites for hydroxylation is 3. The summed E-state index contributed by atoms with van der Waals surface area (Å²) < 4.78 is 16.6. The number of aromatic nitrogens is 16. The number of phenolic OH excluding ortho intramolecular Hbond substituents is 3. The Bertz CT molecular complexity index is 7870. The fourth-order valence-electron chi connectivity index (χ4n) is 14.3. The molecular weight excluding hydrogens is 1870 g/mol. The average molecular weight is 1950 g/mol. The van der Waals surface area contributed by atoms with Crippen molar-refractivity contribution < 1.29 is 29.3 Å². The van der Waals surface area contributed by atoms with E-state index in [0.29, 0.717) is 74.2 Å². The van der Waals surface area contributed by atoms with Crippen LogP contribution in [0.1, 0.15) is 21.6 Å². The quantitative estimate of drug-likeness (QED) is 0.0488. The molecule has 0 saturated heterocycles. The van der Waals surface area contributed by atoms with Crippen molar-refractivity contribution in [3.05, 3.63) is 326 Å². The lowest BCUT2D eigenvalue weighted by Gasteiger charge is -2.12. The lowest BCUT2D eigenvalue weighted by molar-refractivity contribution is 0.399. The summed E-state index contributed by atoms with van der Waals surface area (Å²) in [5.74, 6) is 3.51. The van der Waals surface area contributed by atoms with E-state index in [1.54, 1.807) is 120 Å². The number of ether oxygens (including phenoxy) is 2. The van der Waals surface area contributed by atoms with Crippen molar-refractivity contribution in [1.29, 1.82) is 0 Å². The van der Waals surface area contributed by atoms with Crippen molar-refractivity contribution in [1.82, 2.24) is 79.9 Å². The smallest absolute Gasteiger partial charge is 0.257 e. The van der Waals surface area contributed by atoms with E-state index in [4.69, 9.17) is 94.8 Å². The van der Waals surface area contributed by atoms with E-state index in [1.165, 1.54) is 48.4 Å². The first-order valence-electron chi connectivity index (χ1n) is 41.6. The minimum absolute atomic E-state index is 0.0000335. The molecule has 0 spiro atoms. The Balaban J connectivity index is 0.000000119. The highest BCUT2D eigenvalue weighted by Crippen LogP contribution is 2.44. The van der Waals surface area contributed by atoms with Gasteiger partial charge < -0.3 is 63.7 Å². The van der Waals surface area contributed by atoms with Crippen LogP contribution in [0.5, 0.6) is 29.0 Å². The summed E-state index contributed by atoms with van der Waals surface area (Å²) in [6.45, 7) is 8.21. The van der Waals surface area contributed by atoms with Crippen molar-refractivity contribution in [2.24, 2.45) is 0 Å². The predicted octanol–water partition coefficient (Wildman–Crippen LogP) is 24.2. The van der Waals surface area contributed by atoms with Gasteiger partial charge in [-0.2, -0.15) is 0 Å². The molecule has 137 heavy (non-hydrogen) atoms. The molecule has 15 N–H and O–H groups in total. The van der Waals surface area contributed by atoms with Crippen molar-refractivity contribution in [3.63, 3.8) is 0 Å². The highest BCUT2D eigenvalue weighted by molar-refractivity contribution is 7.17. The lowest BCUT2D eigenvalue weighted by Crippen LogP contribution is -2.03. The average Bonchev–Trinajstić information content (AvgIpc) is 1.79.